The topological polar surface area (TPSA) is 76.4 Å². The summed E-state index contributed by atoms with van der Waals surface area (Å²) < 4.78 is 7.14. The van der Waals surface area contributed by atoms with Gasteiger partial charge in [0.15, 0.2) is 5.82 Å². The van der Waals surface area contributed by atoms with E-state index in [0.29, 0.717) is 17.7 Å². The average molecular weight is 368 g/mol. The molecule has 3 saturated heterocycles. The maximum Gasteiger partial charge on any atom is 0.225 e. The van der Waals surface area contributed by atoms with Crippen LogP contribution in [-0.2, 0) is 9.53 Å². The minimum atomic E-state index is 0.159. The van der Waals surface area contributed by atoms with Crippen LogP contribution in [0.2, 0.25) is 0 Å². The molecule has 3 aliphatic rings. The number of likely N-dealkylation sites (tertiary alicyclic amines) is 1. The number of hydrogen-bond acceptors (Lipinski definition) is 6. The highest BCUT2D eigenvalue weighted by Crippen LogP contribution is 2.34. The molecule has 5 heterocycles. The van der Waals surface area contributed by atoms with Gasteiger partial charge in [0.05, 0.1) is 0 Å². The number of ether oxygens (including phenoxy) is 1. The molecule has 0 bridgehead atoms. The van der Waals surface area contributed by atoms with Gasteiger partial charge in [-0.05, 0) is 18.9 Å². The Labute approximate surface area is 158 Å². The largest absolute Gasteiger partial charge is 0.381 e. The molecule has 3 fully saturated rings. The van der Waals surface area contributed by atoms with Crippen molar-refractivity contribution in [1.82, 2.24) is 24.6 Å². The quantitative estimate of drug-likeness (QED) is 0.804. The average Bonchev–Trinajstić information content (AvgIpc) is 3.44. The molecule has 2 unspecified atom stereocenters. The van der Waals surface area contributed by atoms with Crippen LogP contribution in [0.25, 0.3) is 5.82 Å². The number of hydrogen-bond donors (Lipinski definition) is 0. The van der Waals surface area contributed by atoms with Gasteiger partial charge in [-0.25, -0.2) is 14.6 Å². The first-order chi connectivity index (χ1) is 13.3. The van der Waals surface area contributed by atoms with Gasteiger partial charge < -0.3 is 14.5 Å². The predicted molar refractivity (Wildman–Crippen MR) is 98.5 cm³/mol. The number of anilines is 1. The van der Waals surface area contributed by atoms with Gasteiger partial charge in [0.25, 0.3) is 0 Å². The summed E-state index contributed by atoms with van der Waals surface area (Å²) in [5.41, 5.74) is 0. The van der Waals surface area contributed by atoms with Crippen LogP contribution >= 0.6 is 0 Å². The lowest BCUT2D eigenvalue weighted by molar-refractivity contribution is -0.137. The Morgan fingerprint density at radius 2 is 1.78 bits per heavy atom. The molecule has 0 aliphatic carbocycles. The van der Waals surface area contributed by atoms with E-state index in [4.69, 9.17) is 4.74 Å². The highest BCUT2D eigenvalue weighted by molar-refractivity contribution is 5.79. The summed E-state index contributed by atoms with van der Waals surface area (Å²) in [5.74, 6) is 3.26. The van der Waals surface area contributed by atoms with E-state index >= 15 is 0 Å². The van der Waals surface area contributed by atoms with Crippen molar-refractivity contribution in [2.45, 2.75) is 12.8 Å². The molecule has 8 nitrogen and oxygen atoms in total. The van der Waals surface area contributed by atoms with E-state index < -0.39 is 0 Å². The first kappa shape index (κ1) is 16.7. The first-order valence-electron chi connectivity index (χ1n) is 9.71. The van der Waals surface area contributed by atoms with Gasteiger partial charge in [-0.3, -0.25) is 4.79 Å². The van der Waals surface area contributed by atoms with Gasteiger partial charge in [-0.1, -0.05) is 0 Å². The molecule has 5 rings (SSSR count). The smallest absolute Gasteiger partial charge is 0.225 e. The Kier molecular flexibility index (Phi) is 4.27. The number of amides is 1. The fraction of sp³-hybridized carbons (Fsp3) is 0.579. The molecule has 0 spiro atoms. The van der Waals surface area contributed by atoms with Crippen LogP contribution in [0.3, 0.4) is 0 Å². The molecular formula is C19H24N6O2. The molecule has 0 saturated carbocycles. The number of rotatable bonds is 3. The molecule has 142 valence electrons. The van der Waals surface area contributed by atoms with E-state index in [1.165, 1.54) is 0 Å². The molecule has 0 N–H and O–H groups in total. The van der Waals surface area contributed by atoms with Crippen molar-refractivity contribution < 1.29 is 9.53 Å². The molecule has 1 amide bonds. The standard InChI is InChI=1S/C19H24N6O2/c26-19(14-2-6-27-7-3-14)24-11-15-9-23(10-16(15)12-24)17-8-18(21-13-20-17)25-5-1-4-22-25/h1,4-5,8,13-16H,2-3,6-7,9-12H2. The zero-order valence-corrected chi connectivity index (χ0v) is 15.3. The summed E-state index contributed by atoms with van der Waals surface area (Å²) in [4.78, 5) is 26.0. The summed E-state index contributed by atoms with van der Waals surface area (Å²) in [7, 11) is 0. The fourth-order valence-corrected chi connectivity index (χ4v) is 4.60. The lowest BCUT2D eigenvalue weighted by atomic mass is 9.99. The summed E-state index contributed by atoms with van der Waals surface area (Å²) in [6.07, 6.45) is 6.96. The zero-order valence-electron chi connectivity index (χ0n) is 15.3. The third-order valence-electron chi connectivity index (χ3n) is 6.07. The van der Waals surface area contributed by atoms with Crippen LogP contribution in [0.1, 0.15) is 12.8 Å². The van der Waals surface area contributed by atoms with Crippen molar-refractivity contribution in [3.8, 4) is 5.82 Å². The third-order valence-corrected chi connectivity index (χ3v) is 6.07. The van der Waals surface area contributed by atoms with Gasteiger partial charge >= 0.3 is 0 Å². The normalized spacial score (nSPS) is 25.8. The SMILES string of the molecule is O=C(C1CCOCC1)N1CC2CN(c3cc(-n4cccn4)ncn3)CC2C1. The lowest BCUT2D eigenvalue weighted by Gasteiger charge is -2.28. The summed E-state index contributed by atoms with van der Waals surface area (Å²) in [5, 5.41) is 4.24. The maximum absolute atomic E-state index is 12.8. The molecular weight excluding hydrogens is 344 g/mol. The fourth-order valence-electron chi connectivity index (χ4n) is 4.60. The molecule has 2 aromatic rings. The number of carbonyl (C=O) groups is 1. The van der Waals surface area contributed by atoms with E-state index in [0.717, 1.165) is 63.9 Å². The Hall–Kier alpha value is -2.48. The summed E-state index contributed by atoms with van der Waals surface area (Å²) in [6.45, 7) is 5.06. The van der Waals surface area contributed by atoms with Crippen molar-refractivity contribution in [2.24, 2.45) is 17.8 Å². The maximum atomic E-state index is 12.8. The van der Waals surface area contributed by atoms with Crippen molar-refractivity contribution in [3.63, 3.8) is 0 Å². The summed E-state index contributed by atoms with van der Waals surface area (Å²) in [6, 6.07) is 3.87. The Morgan fingerprint density at radius 1 is 1.04 bits per heavy atom. The van der Waals surface area contributed by atoms with Crippen LogP contribution in [-0.4, -0.2) is 69.9 Å². The predicted octanol–water partition coefficient (Wildman–Crippen LogP) is 0.983. The minimum Gasteiger partial charge on any atom is -0.381 e. The van der Waals surface area contributed by atoms with Crippen LogP contribution < -0.4 is 4.90 Å². The van der Waals surface area contributed by atoms with Gasteiger partial charge in [-0.15, -0.1) is 0 Å². The number of fused-ring (bicyclic) bond motifs is 1. The van der Waals surface area contributed by atoms with Crippen LogP contribution in [0, 0.1) is 17.8 Å². The molecule has 0 radical (unpaired) electrons. The van der Waals surface area contributed by atoms with Crippen molar-refractivity contribution in [2.75, 3.05) is 44.3 Å². The number of nitrogens with zero attached hydrogens (tertiary/aromatic N) is 6. The molecule has 2 atom stereocenters. The molecule has 27 heavy (non-hydrogen) atoms. The number of carbonyl (C=O) groups excluding carboxylic acids is 1. The van der Waals surface area contributed by atoms with E-state index in [1.54, 1.807) is 17.2 Å². The van der Waals surface area contributed by atoms with Crippen LogP contribution in [0.5, 0.6) is 0 Å². The van der Waals surface area contributed by atoms with Crippen molar-refractivity contribution in [3.05, 3.63) is 30.9 Å². The highest BCUT2D eigenvalue weighted by Gasteiger charge is 2.43. The van der Waals surface area contributed by atoms with Gasteiger partial charge in [0, 0.05) is 75.6 Å². The molecule has 0 aromatic carbocycles. The second-order valence-electron chi connectivity index (χ2n) is 7.74. The summed E-state index contributed by atoms with van der Waals surface area (Å²) >= 11 is 0. The van der Waals surface area contributed by atoms with E-state index in [9.17, 15) is 4.79 Å². The Balaban J connectivity index is 1.24. The lowest BCUT2D eigenvalue weighted by Crippen LogP contribution is -2.39. The van der Waals surface area contributed by atoms with Crippen molar-refractivity contribution in [1.29, 1.82) is 0 Å². The number of aromatic nitrogens is 4. The monoisotopic (exact) mass is 368 g/mol. The van der Waals surface area contributed by atoms with Gasteiger partial charge in [-0.2, -0.15) is 5.10 Å². The zero-order chi connectivity index (χ0) is 18.2. The molecule has 2 aromatic heterocycles. The van der Waals surface area contributed by atoms with E-state index in [2.05, 4.69) is 24.9 Å². The van der Waals surface area contributed by atoms with Gasteiger partial charge in [0.2, 0.25) is 5.91 Å². The Morgan fingerprint density at radius 3 is 2.48 bits per heavy atom. The molecule has 3 aliphatic heterocycles. The first-order valence-corrected chi connectivity index (χ1v) is 9.71. The second kappa shape index (κ2) is 6.92. The highest BCUT2D eigenvalue weighted by atomic mass is 16.5. The van der Waals surface area contributed by atoms with Crippen molar-refractivity contribution >= 4 is 11.7 Å². The van der Waals surface area contributed by atoms with E-state index in [1.807, 2.05) is 18.3 Å². The van der Waals surface area contributed by atoms with E-state index in [-0.39, 0.29) is 5.92 Å². The second-order valence-corrected chi connectivity index (χ2v) is 7.74. The van der Waals surface area contributed by atoms with Crippen LogP contribution in [0.4, 0.5) is 5.82 Å². The Bertz CT molecular complexity index is 790. The van der Waals surface area contributed by atoms with Crippen LogP contribution in [0.15, 0.2) is 30.9 Å². The van der Waals surface area contributed by atoms with Gasteiger partial charge in [0.1, 0.15) is 12.1 Å². The molecule has 8 heteroatoms. The minimum absolute atomic E-state index is 0.159. The third kappa shape index (κ3) is 3.18.